The molecule has 1 fully saturated rings. The number of nitrogens with zero attached hydrogens (tertiary/aromatic N) is 2. The standard InChI is InChI=1S/C19H21N3O3/c1-2-14-3-5-16(6-4-14)21-18(23)17-13-15(7-8-20-17)19(24)22-9-11-25-12-10-22/h3-8,13H,2,9-12H2,1H3,(H,21,23). The molecule has 1 aliphatic rings. The first-order chi connectivity index (χ1) is 12.2. The number of amides is 2. The van der Waals surface area contributed by atoms with E-state index in [1.807, 2.05) is 24.3 Å². The second-order valence-electron chi connectivity index (χ2n) is 5.84. The molecule has 3 rings (SSSR count). The van der Waals surface area contributed by atoms with Crippen LogP contribution in [0.25, 0.3) is 0 Å². The molecule has 0 aliphatic carbocycles. The number of aromatic nitrogens is 1. The van der Waals surface area contributed by atoms with E-state index in [0.717, 1.165) is 6.42 Å². The van der Waals surface area contributed by atoms with Crippen molar-refractivity contribution in [3.63, 3.8) is 0 Å². The summed E-state index contributed by atoms with van der Waals surface area (Å²) in [6.45, 7) is 4.28. The summed E-state index contributed by atoms with van der Waals surface area (Å²) in [4.78, 5) is 30.7. The Balaban J connectivity index is 1.71. The second kappa shape index (κ2) is 7.90. The molecule has 0 saturated carbocycles. The first-order valence-electron chi connectivity index (χ1n) is 8.40. The van der Waals surface area contributed by atoms with E-state index in [9.17, 15) is 9.59 Å². The third kappa shape index (κ3) is 4.22. The molecule has 1 aromatic heterocycles. The van der Waals surface area contributed by atoms with E-state index >= 15 is 0 Å². The van der Waals surface area contributed by atoms with Crippen molar-refractivity contribution < 1.29 is 14.3 Å². The van der Waals surface area contributed by atoms with Gasteiger partial charge in [-0.3, -0.25) is 14.6 Å². The summed E-state index contributed by atoms with van der Waals surface area (Å²) < 4.78 is 5.26. The van der Waals surface area contributed by atoms with Gasteiger partial charge in [0.05, 0.1) is 13.2 Å². The van der Waals surface area contributed by atoms with Gasteiger partial charge >= 0.3 is 0 Å². The third-order valence-corrected chi connectivity index (χ3v) is 4.16. The van der Waals surface area contributed by atoms with E-state index in [-0.39, 0.29) is 17.5 Å². The number of anilines is 1. The zero-order valence-electron chi connectivity index (χ0n) is 14.2. The van der Waals surface area contributed by atoms with Gasteiger partial charge in [0.25, 0.3) is 11.8 Å². The van der Waals surface area contributed by atoms with Gasteiger partial charge in [-0.2, -0.15) is 0 Å². The van der Waals surface area contributed by atoms with Crippen LogP contribution >= 0.6 is 0 Å². The SMILES string of the molecule is CCc1ccc(NC(=O)c2cc(C(=O)N3CCOCC3)ccn2)cc1. The third-order valence-electron chi connectivity index (χ3n) is 4.16. The molecule has 1 N–H and O–H groups in total. The summed E-state index contributed by atoms with van der Waals surface area (Å²) in [6, 6.07) is 10.8. The fraction of sp³-hybridized carbons (Fsp3) is 0.316. The van der Waals surface area contributed by atoms with E-state index in [1.54, 1.807) is 11.0 Å². The fourth-order valence-electron chi connectivity index (χ4n) is 2.66. The molecule has 0 bridgehead atoms. The van der Waals surface area contributed by atoms with Gasteiger partial charge in [0.2, 0.25) is 0 Å². The van der Waals surface area contributed by atoms with Crippen molar-refractivity contribution in [1.82, 2.24) is 9.88 Å². The van der Waals surface area contributed by atoms with E-state index in [1.165, 1.54) is 17.8 Å². The maximum Gasteiger partial charge on any atom is 0.274 e. The Morgan fingerprint density at radius 2 is 1.88 bits per heavy atom. The van der Waals surface area contributed by atoms with E-state index < -0.39 is 0 Å². The number of morpholine rings is 1. The average Bonchev–Trinajstić information content (AvgIpc) is 2.68. The summed E-state index contributed by atoms with van der Waals surface area (Å²) in [5, 5.41) is 2.81. The van der Waals surface area contributed by atoms with Crippen LogP contribution in [0.4, 0.5) is 5.69 Å². The number of pyridine rings is 1. The molecule has 0 unspecified atom stereocenters. The molecular formula is C19H21N3O3. The molecule has 2 amide bonds. The Morgan fingerprint density at radius 1 is 1.16 bits per heavy atom. The van der Waals surface area contributed by atoms with Crippen LogP contribution in [0, 0.1) is 0 Å². The van der Waals surface area contributed by atoms with Crippen molar-refractivity contribution in [2.24, 2.45) is 0 Å². The number of benzene rings is 1. The summed E-state index contributed by atoms with van der Waals surface area (Å²) in [7, 11) is 0. The Kier molecular flexibility index (Phi) is 5.40. The van der Waals surface area contributed by atoms with Gasteiger partial charge in [0, 0.05) is 30.5 Å². The Hall–Kier alpha value is -2.73. The molecule has 2 aromatic rings. The number of hydrogen-bond acceptors (Lipinski definition) is 4. The Morgan fingerprint density at radius 3 is 2.56 bits per heavy atom. The number of ether oxygens (including phenoxy) is 1. The molecule has 1 aliphatic heterocycles. The summed E-state index contributed by atoms with van der Waals surface area (Å²) in [5.74, 6) is -0.437. The lowest BCUT2D eigenvalue weighted by Crippen LogP contribution is -2.40. The van der Waals surface area contributed by atoms with Crippen LogP contribution in [-0.4, -0.2) is 48.0 Å². The molecule has 1 saturated heterocycles. The van der Waals surface area contributed by atoms with Crippen molar-refractivity contribution in [1.29, 1.82) is 0 Å². The van der Waals surface area contributed by atoms with Crippen LogP contribution in [-0.2, 0) is 11.2 Å². The van der Waals surface area contributed by atoms with Gasteiger partial charge < -0.3 is 15.0 Å². The molecule has 2 heterocycles. The van der Waals surface area contributed by atoms with Gasteiger partial charge in [-0.05, 0) is 36.2 Å². The molecule has 25 heavy (non-hydrogen) atoms. The summed E-state index contributed by atoms with van der Waals surface area (Å²) in [6.07, 6.45) is 2.43. The van der Waals surface area contributed by atoms with Crippen molar-refractivity contribution in [3.05, 3.63) is 59.4 Å². The Bertz CT molecular complexity index is 753. The minimum absolute atomic E-state index is 0.105. The molecular weight excluding hydrogens is 318 g/mol. The minimum Gasteiger partial charge on any atom is -0.378 e. The normalized spacial score (nSPS) is 14.2. The minimum atomic E-state index is -0.333. The number of nitrogens with one attached hydrogen (secondary N) is 1. The van der Waals surface area contributed by atoms with Gasteiger partial charge in [-0.1, -0.05) is 19.1 Å². The monoisotopic (exact) mass is 339 g/mol. The first kappa shape index (κ1) is 17.1. The van der Waals surface area contributed by atoms with Gasteiger partial charge in [-0.15, -0.1) is 0 Å². The van der Waals surface area contributed by atoms with Crippen LogP contribution in [0.5, 0.6) is 0 Å². The van der Waals surface area contributed by atoms with E-state index in [0.29, 0.717) is 37.6 Å². The van der Waals surface area contributed by atoms with Crippen molar-refractivity contribution in [3.8, 4) is 0 Å². The van der Waals surface area contributed by atoms with Crippen LogP contribution in [0.2, 0.25) is 0 Å². The van der Waals surface area contributed by atoms with Gasteiger partial charge in [0.1, 0.15) is 5.69 Å². The van der Waals surface area contributed by atoms with Crippen molar-refractivity contribution in [2.45, 2.75) is 13.3 Å². The lowest BCUT2D eigenvalue weighted by molar-refractivity contribution is 0.0303. The molecule has 6 nitrogen and oxygen atoms in total. The van der Waals surface area contributed by atoms with E-state index in [4.69, 9.17) is 4.74 Å². The zero-order chi connectivity index (χ0) is 17.6. The van der Waals surface area contributed by atoms with Gasteiger partial charge in [0.15, 0.2) is 0 Å². The predicted octanol–water partition coefficient (Wildman–Crippen LogP) is 2.37. The number of hydrogen-bond donors (Lipinski definition) is 1. The van der Waals surface area contributed by atoms with Crippen molar-refractivity contribution >= 4 is 17.5 Å². The molecule has 0 radical (unpaired) electrons. The smallest absolute Gasteiger partial charge is 0.274 e. The van der Waals surface area contributed by atoms with Crippen LogP contribution < -0.4 is 5.32 Å². The topological polar surface area (TPSA) is 71.5 Å². The van der Waals surface area contributed by atoms with Crippen LogP contribution in [0.15, 0.2) is 42.6 Å². The van der Waals surface area contributed by atoms with E-state index in [2.05, 4.69) is 17.2 Å². The van der Waals surface area contributed by atoms with Crippen LogP contribution in [0.1, 0.15) is 33.3 Å². The zero-order valence-corrected chi connectivity index (χ0v) is 14.2. The van der Waals surface area contributed by atoms with Crippen LogP contribution in [0.3, 0.4) is 0 Å². The fourth-order valence-corrected chi connectivity index (χ4v) is 2.66. The highest BCUT2D eigenvalue weighted by atomic mass is 16.5. The largest absolute Gasteiger partial charge is 0.378 e. The highest BCUT2D eigenvalue weighted by Gasteiger charge is 2.20. The highest BCUT2D eigenvalue weighted by Crippen LogP contribution is 2.13. The van der Waals surface area contributed by atoms with Gasteiger partial charge in [-0.25, -0.2) is 0 Å². The maximum atomic E-state index is 12.5. The lowest BCUT2D eigenvalue weighted by atomic mass is 10.1. The predicted molar refractivity (Wildman–Crippen MR) is 94.7 cm³/mol. The highest BCUT2D eigenvalue weighted by molar-refractivity contribution is 6.04. The molecule has 0 atom stereocenters. The lowest BCUT2D eigenvalue weighted by Gasteiger charge is -2.26. The summed E-state index contributed by atoms with van der Waals surface area (Å²) in [5.41, 5.74) is 2.59. The molecule has 130 valence electrons. The Labute approximate surface area is 146 Å². The molecule has 0 spiro atoms. The average molecular weight is 339 g/mol. The summed E-state index contributed by atoms with van der Waals surface area (Å²) >= 11 is 0. The maximum absolute atomic E-state index is 12.5. The quantitative estimate of drug-likeness (QED) is 0.928. The number of carbonyl (C=O) groups is 2. The second-order valence-corrected chi connectivity index (χ2v) is 5.84. The first-order valence-corrected chi connectivity index (χ1v) is 8.40. The number of carbonyl (C=O) groups excluding carboxylic acids is 2. The molecule has 1 aromatic carbocycles. The number of aryl methyl sites for hydroxylation is 1. The molecule has 6 heteroatoms. The van der Waals surface area contributed by atoms with Crippen molar-refractivity contribution in [2.75, 3.05) is 31.6 Å². The number of rotatable bonds is 4.